The van der Waals surface area contributed by atoms with Crippen molar-refractivity contribution >= 4 is 40.2 Å². The third-order valence-electron chi connectivity index (χ3n) is 3.20. The van der Waals surface area contributed by atoms with Gasteiger partial charge in [-0.2, -0.15) is 0 Å². The molecule has 0 aromatic rings. The molecule has 0 aromatic carbocycles. The van der Waals surface area contributed by atoms with E-state index >= 15 is 0 Å². The summed E-state index contributed by atoms with van der Waals surface area (Å²) in [5.74, 6) is -0.737. The first kappa shape index (κ1) is 27.6. The van der Waals surface area contributed by atoms with Crippen LogP contribution in [0, 0.1) is 0 Å². The molecule has 0 saturated carbocycles. The summed E-state index contributed by atoms with van der Waals surface area (Å²) >= 11 is 6.60. The van der Waals surface area contributed by atoms with Crippen LogP contribution in [0.5, 0.6) is 0 Å². The topological polar surface area (TPSA) is 71.1 Å². The van der Waals surface area contributed by atoms with Gasteiger partial charge < -0.3 is 18.3 Å². The van der Waals surface area contributed by atoms with E-state index in [-0.39, 0.29) is 22.8 Å². The number of allylic oxidation sites excluding steroid dienone is 1. The van der Waals surface area contributed by atoms with Crippen LogP contribution in [0.3, 0.4) is 0 Å². The van der Waals surface area contributed by atoms with Gasteiger partial charge in [0.1, 0.15) is 12.7 Å². The highest BCUT2D eigenvalue weighted by atomic mass is 35.5. The van der Waals surface area contributed by atoms with E-state index in [1.54, 1.807) is 13.8 Å². The normalized spacial score (nSPS) is 15.0. The molecular formula is C20H35ClO6Si2. The molecule has 9 heteroatoms. The first-order valence-electron chi connectivity index (χ1n) is 9.37. The van der Waals surface area contributed by atoms with Gasteiger partial charge in [-0.15, -0.1) is 0 Å². The Kier molecular flexibility index (Phi) is 10.6. The van der Waals surface area contributed by atoms with Crippen LogP contribution in [-0.4, -0.2) is 47.4 Å². The van der Waals surface area contributed by atoms with Crippen LogP contribution in [0.2, 0.25) is 39.3 Å². The number of esters is 2. The first-order chi connectivity index (χ1) is 12.9. The molecule has 166 valence electrons. The summed E-state index contributed by atoms with van der Waals surface area (Å²) in [6.07, 6.45) is -1.82. The molecule has 0 fully saturated rings. The van der Waals surface area contributed by atoms with Crippen LogP contribution in [0.25, 0.3) is 0 Å². The molecule has 0 aliphatic carbocycles. The van der Waals surface area contributed by atoms with Crippen molar-refractivity contribution in [3.8, 4) is 0 Å². The van der Waals surface area contributed by atoms with E-state index in [2.05, 4.69) is 13.2 Å². The summed E-state index contributed by atoms with van der Waals surface area (Å²) in [6.45, 7) is 23.8. The average molecular weight is 463 g/mol. The summed E-state index contributed by atoms with van der Waals surface area (Å²) in [7, 11) is -4.08. The van der Waals surface area contributed by atoms with Crippen LogP contribution in [0.4, 0.5) is 0 Å². The maximum Gasteiger partial charge on any atom is 0.333 e. The molecule has 2 unspecified atom stereocenters. The van der Waals surface area contributed by atoms with Crippen LogP contribution in [0.1, 0.15) is 20.8 Å². The van der Waals surface area contributed by atoms with E-state index in [9.17, 15) is 9.59 Å². The molecule has 0 amide bonds. The Morgan fingerprint density at radius 2 is 1.38 bits per heavy atom. The fourth-order valence-corrected chi connectivity index (χ4v) is 4.55. The zero-order valence-corrected chi connectivity index (χ0v) is 21.9. The Morgan fingerprint density at radius 1 is 0.897 bits per heavy atom. The molecule has 0 bridgehead atoms. The summed E-state index contributed by atoms with van der Waals surface area (Å²) in [6, 6.07) is 0. The van der Waals surface area contributed by atoms with Crippen molar-refractivity contribution in [1.82, 2.24) is 0 Å². The molecule has 0 aromatic heterocycles. The predicted octanol–water partition coefficient (Wildman–Crippen LogP) is 5.14. The van der Waals surface area contributed by atoms with Crippen molar-refractivity contribution in [2.45, 2.75) is 72.3 Å². The third kappa shape index (κ3) is 11.4. The van der Waals surface area contributed by atoms with Gasteiger partial charge in [0, 0.05) is 11.1 Å². The number of carbonyl (C=O) groups is 2. The highest BCUT2D eigenvalue weighted by Gasteiger charge is 2.36. The lowest BCUT2D eigenvalue weighted by Crippen LogP contribution is -2.45. The maximum atomic E-state index is 12.3. The summed E-state index contributed by atoms with van der Waals surface area (Å²) in [4.78, 5) is 24.2. The molecule has 0 saturated heterocycles. The Bertz CT molecular complexity index is 673. The van der Waals surface area contributed by atoms with E-state index in [0.29, 0.717) is 5.76 Å². The molecule has 0 spiro atoms. The second kappa shape index (κ2) is 11.1. The number of halogens is 1. The van der Waals surface area contributed by atoms with Crippen molar-refractivity contribution in [1.29, 1.82) is 0 Å². The minimum Gasteiger partial charge on any atom is -0.546 e. The zero-order chi connectivity index (χ0) is 23.2. The fraction of sp³-hybridized carbons (Fsp3) is 0.600. The number of carbonyl (C=O) groups excluding carboxylic acids is 2. The minimum atomic E-state index is -2.13. The van der Waals surface area contributed by atoms with Crippen molar-refractivity contribution in [2.24, 2.45) is 0 Å². The summed E-state index contributed by atoms with van der Waals surface area (Å²) in [5, 5.41) is 0.191. The van der Waals surface area contributed by atoms with Crippen LogP contribution in [0.15, 0.2) is 35.1 Å². The Balaban J connectivity index is 6.07. The lowest BCUT2D eigenvalue weighted by molar-refractivity contribution is -0.151. The quantitative estimate of drug-likeness (QED) is 0.183. The van der Waals surface area contributed by atoms with Crippen molar-refractivity contribution < 1.29 is 27.9 Å². The molecule has 0 rings (SSSR count). The van der Waals surface area contributed by atoms with Crippen molar-refractivity contribution in [3.63, 3.8) is 0 Å². The molecule has 29 heavy (non-hydrogen) atoms. The Labute approximate surface area is 182 Å². The van der Waals surface area contributed by atoms with E-state index in [1.165, 1.54) is 6.92 Å². The number of hydrogen-bond donors (Lipinski definition) is 0. The Morgan fingerprint density at radius 3 is 1.76 bits per heavy atom. The minimum absolute atomic E-state index is 0.152. The number of ether oxygens (including phenoxy) is 2. The molecule has 0 aliphatic rings. The largest absolute Gasteiger partial charge is 0.546 e. The van der Waals surface area contributed by atoms with Gasteiger partial charge in [0.15, 0.2) is 14.4 Å². The van der Waals surface area contributed by atoms with Gasteiger partial charge in [-0.1, -0.05) is 24.8 Å². The second-order valence-corrected chi connectivity index (χ2v) is 18.2. The highest BCUT2D eigenvalue weighted by molar-refractivity contribution is 6.70. The van der Waals surface area contributed by atoms with Crippen LogP contribution >= 0.6 is 11.6 Å². The monoisotopic (exact) mass is 462 g/mol. The highest BCUT2D eigenvalue weighted by Crippen LogP contribution is 2.27. The maximum absolute atomic E-state index is 12.3. The van der Waals surface area contributed by atoms with Gasteiger partial charge in [-0.25, -0.2) is 9.59 Å². The van der Waals surface area contributed by atoms with Gasteiger partial charge in [0.25, 0.3) is 0 Å². The molecule has 0 radical (unpaired) electrons. The van der Waals surface area contributed by atoms with E-state index in [4.69, 9.17) is 29.9 Å². The Hall–Kier alpha value is -1.36. The molecule has 6 nitrogen and oxygen atoms in total. The lowest BCUT2D eigenvalue weighted by atomic mass is 10.2. The van der Waals surface area contributed by atoms with E-state index in [1.807, 2.05) is 39.3 Å². The summed E-state index contributed by atoms with van der Waals surface area (Å²) in [5.41, 5.74) is 0.473. The van der Waals surface area contributed by atoms with Crippen molar-refractivity contribution in [3.05, 3.63) is 35.1 Å². The standard InChI is InChI=1S/C20H35ClO6Si2/c1-13(2)19(22)24-12-16(27-29(9,10)11)18(25-20(23)14(3)4)17(21)15(5)26-28(6,7)8/h16,18H,1,3,12H2,2,4-11H3. The van der Waals surface area contributed by atoms with Crippen LogP contribution in [-0.2, 0) is 27.9 Å². The predicted molar refractivity (Wildman–Crippen MR) is 122 cm³/mol. The second-order valence-electron chi connectivity index (χ2n) is 8.87. The lowest BCUT2D eigenvalue weighted by Gasteiger charge is -2.33. The number of rotatable bonds is 11. The fourth-order valence-electron chi connectivity index (χ4n) is 2.13. The van der Waals surface area contributed by atoms with E-state index < -0.39 is 40.8 Å². The summed E-state index contributed by atoms with van der Waals surface area (Å²) < 4.78 is 23.0. The van der Waals surface area contributed by atoms with Gasteiger partial charge in [-0.05, 0) is 60.1 Å². The first-order valence-corrected chi connectivity index (χ1v) is 16.6. The van der Waals surface area contributed by atoms with E-state index in [0.717, 1.165) is 0 Å². The van der Waals surface area contributed by atoms with Gasteiger partial charge in [-0.3, -0.25) is 0 Å². The molecule has 0 aliphatic heterocycles. The smallest absolute Gasteiger partial charge is 0.333 e. The molecular weight excluding hydrogens is 428 g/mol. The molecule has 0 heterocycles. The van der Waals surface area contributed by atoms with Gasteiger partial charge in [0.2, 0.25) is 8.32 Å². The zero-order valence-electron chi connectivity index (χ0n) is 19.1. The van der Waals surface area contributed by atoms with Crippen molar-refractivity contribution in [2.75, 3.05) is 6.61 Å². The van der Waals surface area contributed by atoms with Crippen LogP contribution < -0.4 is 0 Å². The number of hydrogen-bond acceptors (Lipinski definition) is 6. The SMILES string of the molecule is C=C(C)C(=O)OCC(O[Si](C)(C)C)C(OC(=O)C(=C)C)C(Cl)=C(C)O[Si](C)(C)C. The van der Waals surface area contributed by atoms with Gasteiger partial charge >= 0.3 is 11.9 Å². The molecule has 2 atom stereocenters. The molecule has 0 N–H and O–H groups in total. The average Bonchev–Trinajstić information content (AvgIpc) is 2.52. The third-order valence-corrected chi connectivity index (χ3v) is 5.61. The van der Waals surface area contributed by atoms with Gasteiger partial charge in [0.05, 0.1) is 10.8 Å².